The number of morpholine rings is 1. The van der Waals surface area contributed by atoms with E-state index in [9.17, 15) is 8.42 Å². The van der Waals surface area contributed by atoms with E-state index >= 15 is 0 Å². The van der Waals surface area contributed by atoms with Crippen molar-refractivity contribution in [3.8, 4) is 0 Å². The minimum atomic E-state index is -3.60. The van der Waals surface area contributed by atoms with Gasteiger partial charge < -0.3 is 4.74 Å². The van der Waals surface area contributed by atoms with Gasteiger partial charge in [-0.15, -0.1) is 0 Å². The molecule has 1 aromatic rings. The molecule has 1 aliphatic carbocycles. The fourth-order valence-corrected chi connectivity index (χ4v) is 4.57. The number of sulfonamides is 1. The van der Waals surface area contributed by atoms with Crippen LogP contribution in [0.15, 0.2) is 17.3 Å². The lowest BCUT2D eigenvalue weighted by atomic mass is 9.91. The van der Waals surface area contributed by atoms with E-state index in [2.05, 4.69) is 15.4 Å². The summed E-state index contributed by atoms with van der Waals surface area (Å²) in [4.78, 5) is 7.85. The molecule has 1 aliphatic heterocycles. The van der Waals surface area contributed by atoms with Gasteiger partial charge >= 0.3 is 0 Å². The van der Waals surface area contributed by atoms with Crippen molar-refractivity contribution in [1.82, 2.24) is 14.3 Å². The Hall–Kier alpha value is -1.29. The van der Waals surface area contributed by atoms with Crippen LogP contribution in [0.2, 0.25) is 0 Å². The highest BCUT2D eigenvalue weighted by atomic mass is 32.2. The van der Waals surface area contributed by atoms with E-state index in [0.717, 1.165) is 25.7 Å². The second-order valence-electron chi connectivity index (χ2n) is 5.26. The first-order valence-electron chi connectivity index (χ1n) is 7.05. The average molecular weight is 313 g/mol. The Morgan fingerprint density at radius 3 is 2.71 bits per heavy atom. The van der Waals surface area contributed by atoms with Crippen molar-refractivity contribution >= 4 is 16.0 Å². The molecular weight excluding hydrogens is 294 g/mol. The Bertz CT molecular complexity index is 589. The van der Waals surface area contributed by atoms with E-state index in [1.807, 2.05) is 0 Å². The highest BCUT2D eigenvalue weighted by Gasteiger charge is 2.41. The summed E-state index contributed by atoms with van der Waals surface area (Å²) >= 11 is 0. The first-order chi connectivity index (χ1) is 10.1. The molecule has 0 bridgehead atoms. The third-order valence-electron chi connectivity index (χ3n) is 4.05. The number of nitrogen functional groups attached to an aromatic ring is 1. The Kier molecular flexibility index (Phi) is 4.07. The molecule has 8 nitrogen and oxygen atoms in total. The van der Waals surface area contributed by atoms with Gasteiger partial charge in [0.1, 0.15) is 4.90 Å². The number of nitrogens with zero attached hydrogens (tertiary/aromatic N) is 3. The molecule has 0 aromatic carbocycles. The molecule has 2 atom stereocenters. The van der Waals surface area contributed by atoms with Crippen LogP contribution in [-0.4, -0.2) is 48.0 Å². The highest BCUT2D eigenvalue weighted by molar-refractivity contribution is 7.89. The lowest BCUT2D eigenvalue weighted by Crippen LogP contribution is -2.54. The van der Waals surface area contributed by atoms with Crippen molar-refractivity contribution in [2.24, 2.45) is 5.84 Å². The number of fused-ring (bicyclic) bond motifs is 1. The van der Waals surface area contributed by atoms with E-state index in [-0.39, 0.29) is 23.0 Å². The molecule has 2 heterocycles. The van der Waals surface area contributed by atoms with Crippen molar-refractivity contribution in [1.29, 1.82) is 0 Å². The Labute approximate surface area is 123 Å². The number of rotatable bonds is 3. The fraction of sp³-hybridized carbons (Fsp3) is 0.667. The summed E-state index contributed by atoms with van der Waals surface area (Å²) in [5, 5.41) is 0. The number of hydrogen-bond donors (Lipinski definition) is 2. The maximum Gasteiger partial charge on any atom is 0.246 e. The molecule has 3 rings (SSSR count). The van der Waals surface area contributed by atoms with Gasteiger partial charge in [0, 0.05) is 6.54 Å². The van der Waals surface area contributed by atoms with Gasteiger partial charge in [-0.1, -0.05) is 12.8 Å². The van der Waals surface area contributed by atoms with E-state index in [4.69, 9.17) is 10.6 Å². The molecule has 0 spiro atoms. The number of anilines is 1. The van der Waals surface area contributed by atoms with Crippen LogP contribution in [0.5, 0.6) is 0 Å². The Morgan fingerprint density at radius 2 is 2.00 bits per heavy atom. The molecule has 1 saturated carbocycles. The van der Waals surface area contributed by atoms with Crippen LogP contribution >= 0.6 is 0 Å². The highest BCUT2D eigenvalue weighted by Crippen LogP contribution is 2.32. The minimum Gasteiger partial charge on any atom is -0.375 e. The van der Waals surface area contributed by atoms with Crippen molar-refractivity contribution in [2.45, 2.75) is 42.7 Å². The summed E-state index contributed by atoms with van der Waals surface area (Å²) < 4.78 is 32.8. The zero-order chi connectivity index (χ0) is 14.9. The molecule has 9 heteroatoms. The van der Waals surface area contributed by atoms with E-state index < -0.39 is 10.0 Å². The number of aromatic nitrogens is 2. The van der Waals surface area contributed by atoms with Gasteiger partial charge in [-0.25, -0.2) is 24.2 Å². The van der Waals surface area contributed by atoms with Crippen LogP contribution in [-0.2, 0) is 14.8 Å². The van der Waals surface area contributed by atoms with Gasteiger partial charge in [0.25, 0.3) is 0 Å². The third kappa shape index (κ3) is 2.73. The number of nitrogens with one attached hydrogen (secondary N) is 1. The summed E-state index contributed by atoms with van der Waals surface area (Å²) in [6.07, 6.45) is 6.46. The fourth-order valence-electron chi connectivity index (χ4n) is 3.02. The van der Waals surface area contributed by atoms with Gasteiger partial charge in [0.2, 0.25) is 16.0 Å². The topological polar surface area (TPSA) is 110 Å². The summed E-state index contributed by atoms with van der Waals surface area (Å²) in [5.74, 6) is 5.37. The maximum atomic E-state index is 12.8. The average Bonchev–Trinajstić information content (AvgIpc) is 2.54. The van der Waals surface area contributed by atoms with Crippen LogP contribution in [0, 0.1) is 0 Å². The van der Waals surface area contributed by atoms with Crippen LogP contribution in [0.3, 0.4) is 0 Å². The molecule has 1 aromatic heterocycles. The number of hydrogen-bond acceptors (Lipinski definition) is 7. The smallest absolute Gasteiger partial charge is 0.246 e. The van der Waals surface area contributed by atoms with Gasteiger partial charge in [-0.05, 0) is 12.8 Å². The summed E-state index contributed by atoms with van der Waals surface area (Å²) in [5.41, 5.74) is 2.28. The molecule has 2 unspecified atom stereocenters. The van der Waals surface area contributed by atoms with Crippen LogP contribution < -0.4 is 11.3 Å². The van der Waals surface area contributed by atoms with Gasteiger partial charge in [-0.2, -0.15) is 4.31 Å². The predicted molar refractivity (Wildman–Crippen MR) is 75.7 cm³/mol. The lowest BCUT2D eigenvalue weighted by molar-refractivity contribution is -0.0586. The Morgan fingerprint density at radius 1 is 1.29 bits per heavy atom. The SMILES string of the molecule is NNc1ncc(S(=O)(=O)N2CCOC3CCCCC32)cn1. The lowest BCUT2D eigenvalue weighted by Gasteiger charge is -2.42. The monoisotopic (exact) mass is 313 g/mol. The Balaban J connectivity index is 1.88. The summed E-state index contributed by atoms with van der Waals surface area (Å²) in [6.45, 7) is 0.810. The van der Waals surface area contributed by atoms with E-state index in [1.165, 1.54) is 12.4 Å². The van der Waals surface area contributed by atoms with E-state index in [1.54, 1.807) is 4.31 Å². The third-order valence-corrected chi connectivity index (χ3v) is 5.92. The minimum absolute atomic E-state index is 0.00757. The van der Waals surface area contributed by atoms with Gasteiger partial charge in [-0.3, -0.25) is 5.43 Å². The van der Waals surface area contributed by atoms with Crippen molar-refractivity contribution in [3.05, 3.63) is 12.4 Å². The van der Waals surface area contributed by atoms with Crippen LogP contribution in [0.25, 0.3) is 0 Å². The van der Waals surface area contributed by atoms with Crippen molar-refractivity contribution in [3.63, 3.8) is 0 Å². The molecule has 2 fully saturated rings. The number of hydrazine groups is 1. The number of nitrogens with two attached hydrogens (primary N) is 1. The summed E-state index contributed by atoms with van der Waals surface area (Å²) in [6, 6.07) is -0.0789. The molecule has 116 valence electrons. The molecule has 3 N–H and O–H groups in total. The van der Waals surface area contributed by atoms with Crippen molar-refractivity contribution < 1.29 is 13.2 Å². The first-order valence-corrected chi connectivity index (χ1v) is 8.49. The molecule has 1 saturated heterocycles. The second kappa shape index (κ2) is 5.84. The zero-order valence-corrected chi connectivity index (χ0v) is 12.4. The van der Waals surface area contributed by atoms with Crippen LogP contribution in [0.1, 0.15) is 25.7 Å². The number of ether oxygens (including phenoxy) is 1. The standard InChI is InChI=1S/C12H19N5O3S/c13-16-12-14-7-9(8-15-12)21(18,19)17-5-6-20-11-4-2-1-3-10(11)17/h7-8,10-11H,1-6,13H2,(H,14,15,16). The first kappa shape index (κ1) is 14.6. The normalized spacial score (nSPS) is 27.1. The van der Waals surface area contributed by atoms with Gasteiger partial charge in [0.15, 0.2) is 0 Å². The van der Waals surface area contributed by atoms with Crippen molar-refractivity contribution in [2.75, 3.05) is 18.6 Å². The predicted octanol–water partition coefficient (Wildman–Crippen LogP) is 0.0943. The maximum absolute atomic E-state index is 12.8. The zero-order valence-electron chi connectivity index (χ0n) is 11.6. The molecular formula is C12H19N5O3S. The molecule has 0 radical (unpaired) electrons. The molecule has 0 amide bonds. The quantitative estimate of drug-likeness (QED) is 0.601. The van der Waals surface area contributed by atoms with Crippen LogP contribution in [0.4, 0.5) is 5.95 Å². The van der Waals surface area contributed by atoms with Gasteiger partial charge in [0.05, 0.1) is 31.1 Å². The molecule has 2 aliphatic rings. The van der Waals surface area contributed by atoms with E-state index in [0.29, 0.717) is 13.2 Å². The largest absolute Gasteiger partial charge is 0.375 e. The summed E-state index contributed by atoms with van der Waals surface area (Å²) in [7, 11) is -3.60. The molecule has 21 heavy (non-hydrogen) atoms. The second-order valence-corrected chi connectivity index (χ2v) is 7.15.